The Balaban J connectivity index is 2.32. The Bertz CT molecular complexity index is 846. The van der Waals surface area contributed by atoms with Gasteiger partial charge in [-0.05, 0) is 44.0 Å². The second-order valence-corrected chi connectivity index (χ2v) is 7.36. The van der Waals surface area contributed by atoms with E-state index >= 15 is 0 Å². The molecule has 0 amide bonds. The van der Waals surface area contributed by atoms with Crippen LogP contribution in [0, 0.1) is 0 Å². The van der Waals surface area contributed by atoms with E-state index in [0.717, 1.165) is 12.1 Å². The van der Waals surface area contributed by atoms with E-state index in [1.165, 1.54) is 24.3 Å². The predicted molar refractivity (Wildman–Crippen MR) is 93.1 cm³/mol. The second kappa shape index (κ2) is 7.37. The van der Waals surface area contributed by atoms with Gasteiger partial charge in [0, 0.05) is 5.56 Å². The first-order valence-corrected chi connectivity index (χ1v) is 8.36. The SMILES string of the molecule is CC(C)(C)OC(=O)c1ccc(-c2ccc(C(O)(C(F)(F)F)C(F)(F)F)cc2)cc1. The van der Waals surface area contributed by atoms with Gasteiger partial charge in [0.1, 0.15) is 5.60 Å². The molecule has 0 bridgehead atoms. The predicted octanol–water partition coefficient (Wildman–Crippen LogP) is 5.62. The zero-order valence-corrected chi connectivity index (χ0v) is 15.7. The Kier molecular flexibility index (Phi) is 5.77. The minimum Gasteiger partial charge on any atom is -0.456 e. The van der Waals surface area contributed by atoms with Gasteiger partial charge in [0.15, 0.2) is 0 Å². The maximum Gasteiger partial charge on any atom is 0.430 e. The van der Waals surface area contributed by atoms with E-state index in [-0.39, 0.29) is 5.56 Å². The summed E-state index contributed by atoms with van der Waals surface area (Å²) < 4.78 is 82.8. The molecular weight excluding hydrogens is 402 g/mol. The number of alkyl halides is 6. The molecule has 0 radical (unpaired) electrons. The summed E-state index contributed by atoms with van der Waals surface area (Å²) in [6, 6.07) is 9.01. The minimum absolute atomic E-state index is 0.240. The number of carbonyl (C=O) groups is 1. The van der Waals surface area contributed by atoms with Crippen molar-refractivity contribution in [1.82, 2.24) is 0 Å². The number of ether oxygens (including phenoxy) is 1. The molecule has 0 saturated carbocycles. The van der Waals surface area contributed by atoms with Crippen LogP contribution in [-0.4, -0.2) is 29.0 Å². The fourth-order valence-electron chi connectivity index (χ4n) is 2.53. The lowest BCUT2D eigenvalue weighted by Crippen LogP contribution is -2.53. The van der Waals surface area contributed by atoms with Crippen LogP contribution in [-0.2, 0) is 10.3 Å². The molecule has 0 aliphatic heterocycles. The van der Waals surface area contributed by atoms with E-state index in [1.807, 2.05) is 0 Å². The number of carbonyl (C=O) groups excluding carboxylic acids is 1. The van der Waals surface area contributed by atoms with E-state index < -0.39 is 35.1 Å². The van der Waals surface area contributed by atoms with Crippen molar-refractivity contribution >= 4 is 5.97 Å². The summed E-state index contributed by atoms with van der Waals surface area (Å²) >= 11 is 0. The molecule has 9 heteroatoms. The molecule has 29 heavy (non-hydrogen) atoms. The monoisotopic (exact) mass is 420 g/mol. The van der Waals surface area contributed by atoms with Gasteiger partial charge in [-0.3, -0.25) is 0 Å². The van der Waals surface area contributed by atoms with Gasteiger partial charge in [-0.25, -0.2) is 4.79 Å². The average Bonchev–Trinajstić information content (AvgIpc) is 2.58. The van der Waals surface area contributed by atoms with Crippen molar-refractivity contribution in [2.45, 2.75) is 44.3 Å². The van der Waals surface area contributed by atoms with Gasteiger partial charge in [0.05, 0.1) is 5.56 Å². The quantitative estimate of drug-likeness (QED) is 0.518. The zero-order valence-electron chi connectivity index (χ0n) is 15.7. The number of benzene rings is 2. The fraction of sp³-hybridized carbons (Fsp3) is 0.350. The van der Waals surface area contributed by atoms with Gasteiger partial charge in [0.25, 0.3) is 5.60 Å². The molecule has 0 saturated heterocycles. The molecule has 0 atom stereocenters. The van der Waals surface area contributed by atoms with Gasteiger partial charge in [-0.15, -0.1) is 0 Å². The van der Waals surface area contributed by atoms with Crippen LogP contribution in [0.5, 0.6) is 0 Å². The van der Waals surface area contributed by atoms with Crippen LogP contribution in [0.3, 0.4) is 0 Å². The Morgan fingerprint density at radius 3 is 1.48 bits per heavy atom. The van der Waals surface area contributed by atoms with Gasteiger partial charge >= 0.3 is 18.3 Å². The lowest BCUT2D eigenvalue weighted by atomic mass is 9.90. The molecule has 0 aliphatic rings. The van der Waals surface area contributed by atoms with Crippen LogP contribution in [0.1, 0.15) is 36.7 Å². The fourth-order valence-corrected chi connectivity index (χ4v) is 2.53. The minimum atomic E-state index is -5.94. The van der Waals surface area contributed by atoms with Crippen molar-refractivity contribution in [3.63, 3.8) is 0 Å². The molecule has 0 heterocycles. The molecule has 0 aromatic heterocycles. The van der Waals surface area contributed by atoms with Crippen molar-refractivity contribution < 1.29 is 41.0 Å². The zero-order chi connectivity index (χ0) is 22.3. The van der Waals surface area contributed by atoms with Crippen LogP contribution in [0.4, 0.5) is 26.3 Å². The van der Waals surface area contributed by atoms with Crippen LogP contribution in [0.25, 0.3) is 11.1 Å². The highest BCUT2D eigenvalue weighted by Gasteiger charge is 2.71. The van der Waals surface area contributed by atoms with Crippen molar-refractivity contribution in [3.8, 4) is 11.1 Å². The summed E-state index contributed by atoms with van der Waals surface area (Å²) in [6.07, 6.45) is -11.9. The normalized spacial score (nSPS) is 13.3. The average molecular weight is 420 g/mol. The maximum absolute atomic E-state index is 12.9. The Morgan fingerprint density at radius 2 is 1.14 bits per heavy atom. The van der Waals surface area contributed by atoms with Crippen molar-refractivity contribution in [3.05, 3.63) is 59.7 Å². The molecule has 0 fully saturated rings. The summed E-state index contributed by atoms with van der Waals surface area (Å²) in [5, 5.41) is 9.41. The third kappa shape index (κ3) is 4.72. The first kappa shape index (κ1) is 22.7. The lowest BCUT2D eigenvalue weighted by Gasteiger charge is -2.32. The number of rotatable bonds is 3. The first-order chi connectivity index (χ1) is 13.1. The molecule has 3 nitrogen and oxygen atoms in total. The van der Waals surface area contributed by atoms with E-state index in [2.05, 4.69) is 0 Å². The summed E-state index contributed by atoms with van der Waals surface area (Å²) in [5.74, 6) is -0.570. The Labute approximate surface area is 162 Å². The second-order valence-electron chi connectivity index (χ2n) is 7.36. The summed E-state index contributed by atoms with van der Waals surface area (Å²) in [5.41, 5.74) is -6.02. The third-order valence-electron chi connectivity index (χ3n) is 3.98. The highest BCUT2D eigenvalue weighted by molar-refractivity contribution is 5.90. The number of halogens is 6. The number of esters is 1. The lowest BCUT2D eigenvalue weighted by molar-refractivity contribution is -0.376. The molecule has 2 rings (SSSR count). The highest BCUT2D eigenvalue weighted by Crippen LogP contribution is 2.50. The number of aliphatic hydroxyl groups is 1. The molecule has 2 aromatic carbocycles. The van der Waals surface area contributed by atoms with Crippen LogP contribution >= 0.6 is 0 Å². The molecular formula is C20H18F6O3. The van der Waals surface area contributed by atoms with E-state index in [4.69, 9.17) is 4.74 Å². The Morgan fingerprint density at radius 1 is 0.759 bits per heavy atom. The molecule has 1 N–H and O–H groups in total. The first-order valence-electron chi connectivity index (χ1n) is 8.36. The van der Waals surface area contributed by atoms with Crippen molar-refractivity contribution in [2.24, 2.45) is 0 Å². The summed E-state index contributed by atoms with van der Waals surface area (Å²) in [6.45, 7) is 5.09. The molecule has 2 aromatic rings. The topological polar surface area (TPSA) is 46.5 Å². The largest absolute Gasteiger partial charge is 0.456 e. The smallest absolute Gasteiger partial charge is 0.430 e. The number of hydrogen-bond donors (Lipinski definition) is 1. The molecule has 158 valence electrons. The molecule has 0 unspecified atom stereocenters. The highest BCUT2D eigenvalue weighted by atomic mass is 19.4. The third-order valence-corrected chi connectivity index (χ3v) is 3.98. The van der Waals surface area contributed by atoms with Crippen molar-refractivity contribution in [2.75, 3.05) is 0 Å². The molecule has 0 spiro atoms. The van der Waals surface area contributed by atoms with E-state index in [0.29, 0.717) is 23.3 Å². The summed E-state index contributed by atoms with van der Waals surface area (Å²) in [7, 11) is 0. The maximum atomic E-state index is 12.9. The standard InChI is InChI=1S/C20H18F6O3/c1-17(2,3)29-16(27)14-6-4-12(5-7-14)13-8-10-15(11-9-13)18(28,19(21,22)23)20(24,25)26/h4-11,28H,1-3H3. The number of hydrogen-bond acceptors (Lipinski definition) is 3. The van der Waals surface area contributed by atoms with Crippen LogP contribution in [0.15, 0.2) is 48.5 Å². The van der Waals surface area contributed by atoms with E-state index in [9.17, 15) is 36.2 Å². The van der Waals surface area contributed by atoms with Crippen molar-refractivity contribution in [1.29, 1.82) is 0 Å². The van der Waals surface area contributed by atoms with Gasteiger partial charge in [-0.1, -0.05) is 36.4 Å². The van der Waals surface area contributed by atoms with Crippen LogP contribution in [0.2, 0.25) is 0 Å². The van der Waals surface area contributed by atoms with Crippen LogP contribution < -0.4 is 0 Å². The Hall–Kier alpha value is -2.55. The van der Waals surface area contributed by atoms with Gasteiger partial charge in [-0.2, -0.15) is 26.3 Å². The van der Waals surface area contributed by atoms with Gasteiger partial charge < -0.3 is 9.84 Å². The summed E-state index contributed by atoms with van der Waals surface area (Å²) in [4.78, 5) is 12.0. The van der Waals surface area contributed by atoms with E-state index in [1.54, 1.807) is 20.8 Å². The molecule has 0 aliphatic carbocycles. The van der Waals surface area contributed by atoms with Gasteiger partial charge in [0.2, 0.25) is 0 Å².